The largest absolute Gasteiger partial charge is 1.00 e. The van der Waals surface area contributed by atoms with Gasteiger partial charge in [0.15, 0.2) is 5.72 Å². The fourth-order valence-electron chi connectivity index (χ4n) is 1.06. The van der Waals surface area contributed by atoms with Crippen LogP contribution < -0.4 is 18.1 Å². The van der Waals surface area contributed by atoms with Crippen LogP contribution in [0.5, 0.6) is 0 Å². The molecular formula is C10H16ClNO. The molecule has 0 spiro atoms. The highest BCUT2D eigenvalue weighted by molar-refractivity contribution is 5.14. The third-order valence-corrected chi connectivity index (χ3v) is 1.80. The molecule has 0 bridgehead atoms. The number of quaternary nitrogens is 1. The van der Waals surface area contributed by atoms with Gasteiger partial charge in [-0.2, -0.15) is 0 Å². The Kier molecular flexibility index (Phi) is 4.99. The van der Waals surface area contributed by atoms with Crippen LogP contribution >= 0.6 is 0 Å². The van der Waals surface area contributed by atoms with Crippen LogP contribution in [0.4, 0.5) is 0 Å². The van der Waals surface area contributed by atoms with Gasteiger partial charge in [-0.15, -0.1) is 0 Å². The van der Waals surface area contributed by atoms with Gasteiger partial charge < -0.3 is 23.2 Å². The molecule has 13 heavy (non-hydrogen) atoms. The fraction of sp³-hybridized carbons (Fsp3) is 0.400. The zero-order valence-electron chi connectivity index (χ0n) is 7.83. The second-order valence-electron chi connectivity index (χ2n) is 3.48. The van der Waals surface area contributed by atoms with Crippen molar-refractivity contribution in [3.8, 4) is 0 Å². The summed E-state index contributed by atoms with van der Waals surface area (Å²) in [5, 5.41) is 9.37. The number of benzene rings is 1. The summed E-state index contributed by atoms with van der Waals surface area (Å²) in [7, 11) is 0. The van der Waals surface area contributed by atoms with E-state index < -0.39 is 5.72 Å². The molecule has 1 rings (SSSR count). The van der Waals surface area contributed by atoms with Gasteiger partial charge in [0, 0.05) is 13.3 Å². The van der Waals surface area contributed by atoms with Crippen LogP contribution in [0.25, 0.3) is 0 Å². The Morgan fingerprint density at radius 3 is 2.31 bits per heavy atom. The molecule has 0 aliphatic rings. The van der Waals surface area contributed by atoms with E-state index in [0.29, 0.717) is 6.42 Å². The van der Waals surface area contributed by atoms with Gasteiger partial charge in [0.2, 0.25) is 0 Å². The smallest absolute Gasteiger partial charge is 0.193 e. The molecule has 0 saturated heterocycles. The van der Waals surface area contributed by atoms with Gasteiger partial charge in [-0.25, -0.2) is 0 Å². The van der Waals surface area contributed by atoms with Gasteiger partial charge in [0.25, 0.3) is 0 Å². The van der Waals surface area contributed by atoms with E-state index in [1.807, 2.05) is 18.2 Å². The molecule has 0 saturated carbocycles. The number of hydrogen-bond acceptors (Lipinski definition) is 1. The van der Waals surface area contributed by atoms with E-state index in [4.69, 9.17) is 0 Å². The Hall–Kier alpha value is -0.570. The third kappa shape index (κ3) is 5.64. The maximum absolute atomic E-state index is 9.37. The van der Waals surface area contributed by atoms with Gasteiger partial charge in [0.1, 0.15) is 0 Å². The molecule has 4 N–H and O–H groups in total. The summed E-state index contributed by atoms with van der Waals surface area (Å²) >= 11 is 0. The maximum atomic E-state index is 9.37. The second kappa shape index (κ2) is 5.22. The summed E-state index contributed by atoms with van der Waals surface area (Å²) in [5.74, 6) is 0. The van der Waals surface area contributed by atoms with E-state index in [9.17, 15) is 5.11 Å². The van der Waals surface area contributed by atoms with E-state index in [2.05, 4.69) is 17.9 Å². The van der Waals surface area contributed by atoms with E-state index in [1.54, 1.807) is 6.92 Å². The lowest BCUT2D eigenvalue weighted by Crippen LogP contribution is -3.00. The van der Waals surface area contributed by atoms with Crippen LogP contribution in [0.2, 0.25) is 0 Å². The van der Waals surface area contributed by atoms with Crippen molar-refractivity contribution in [2.45, 2.75) is 25.5 Å². The molecule has 1 aromatic rings. The van der Waals surface area contributed by atoms with E-state index in [1.165, 1.54) is 5.56 Å². The average molecular weight is 202 g/mol. The first-order valence-corrected chi connectivity index (χ1v) is 4.19. The van der Waals surface area contributed by atoms with Crippen LogP contribution in [0.3, 0.4) is 0 Å². The molecule has 0 fully saturated rings. The number of aliphatic hydroxyl groups is 1. The minimum atomic E-state index is -0.796. The summed E-state index contributed by atoms with van der Waals surface area (Å²) < 4.78 is 0. The Balaban J connectivity index is 0.00000144. The molecule has 0 aromatic heterocycles. The SMILES string of the molecule is CC([NH3+])(O)CCc1ccccc1.[Cl-]. The van der Waals surface area contributed by atoms with Crippen molar-refractivity contribution in [2.24, 2.45) is 0 Å². The lowest BCUT2D eigenvalue weighted by atomic mass is 10.0. The molecule has 0 amide bonds. The first kappa shape index (κ1) is 12.4. The predicted octanol–water partition coefficient (Wildman–Crippen LogP) is -2.43. The van der Waals surface area contributed by atoms with Crippen LogP contribution in [0.1, 0.15) is 18.9 Å². The van der Waals surface area contributed by atoms with Crippen molar-refractivity contribution in [3.63, 3.8) is 0 Å². The molecule has 1 aromatic carbocycles. The zero-order valence-corrected chi connectivity index (χ0v) is 8.59. The van der Waals surface area contributed by atoms with Crippen LogP contribution in [0, 0.1) is 0 Å². The number of aryl methyl sites for hydroxylation is 1. The van der Waals surface area contributed by atoms with E-state index in [0.717, 1.165) is 6.42 Å². The van der Waals surface area contributed by atoms with Gasteiger partial charge in [-0.3, -0.25) is 0 Å². The highest BCUT2D eigenvalue weighted by atomic mass is 35.5. The normalized spacial score (nSPS) is 14.4. The van der Waals surface area contributed by atoms with Crippen LogP contribution in [-0.4, -0.2) is 10.8 Å². The Morgan fingerprint density at radius 2 is 1.85 bits per heavy atom. The number of hydrogen-bond donors (Lipinski definition) is 2. The quantitative estimate of drug-likeness (QED) is 0.526. The standard InChI is InChI=1S/C10H15NO.ClH/c1-10(11,12)8-7-9-5-3-2-4-6-9;/h2-6,12H,7-8,11H2,1H3;1H. The van der Waals surface area contributed by atoms with Crippen LogP contribution in [-0.2, 0) is 6.42 Å². The highest BCUT2D eigenvalue weighted by Gasteiger charge is 2.16. The number of halogens is 1. The lowest BCUT2D eigenvalue weighted by molar-refractivity contribution is -0.542. The summed E-state index contributed by atoms with van der Waals surface area (Å²) in [4.78, 5) is 0. The predicted molar refractivity (Wildman–Crippen MR) is 48.3 cm³/mol. The van der Waals surface area contributed by atoms with E-state index in [-0.39, 0.29) is 12.4 Å². The summed E-state index contributed by atoms with van der Waals surface area (Å²) in [6.45, 7) is 1.73. The molecule has 1 atom stereocenters. The van der Waals surface area contributed by atoms with Crippen molar-refractivity contribution in [2.75, 3.05) is 0 Å². The van der Waals surface area contributed by atoms with Crippen molar-refractivity contribution in [3.05, 3.63) is 35.9 Å². The van der Waals surface area contributed by atoms with Gasteiger partial charge in [-0.1, -0.05) is 30.3 Å². The zero-order chi connectivity index (χ0) is 9.03. The molecule has 3 heteroatoms. The molecule has 0 radical (unpaired) electrons. The average Bonchev–Trinajstić information content (AvgIpc) is 2.02. The second-order valence-corrected chi connectivity index (χ2v) is 3.48. The summed E-state index contributed by atoms with van der Waals surface area (Å²) in [6, 6.07) is 10.1. The van der Waals surface area contributed by atoms with Crippen molar-refractivity contribution in [1.29, 1.82) is 0 Å². The lowest BCUT2D eigenvalue weighted by Gasteiger charge is -2.12. The molecule has 1 unspecified atom stereocenters. The Morgan fingerprint density at radius 1 is 1.31 bits per heavy atom. The minimum absolute atomic E-state index is 0. The maximum Gasteiger partial charge on any atom is 0.193 e. The first-order chi connectivity index (χ1) is 5.58. The van der Waals surface area contributed by atoms with E-state index >= 15 is 0 Å². The number of rotatable bonds is 3. The molecule has 0 aliphatic carbocycles. The summed E-state index contributed by atoms with van der Waals surface area (Å²) in [5.41, 5.74) is 4.10. The first-order valence-electron chi connectivity index (χ1n) is 4.19. The fourth-order valence-corrected chi connectivity index (χ4v) is 1.06. The molecule has 0 heterocycles. The minimum Gasteiger partial charge on any atom is -1.00 e. The Bertz CT molecular complexity index is 230. The molecule has 2 nitrogen and oxygen atoms in total. The third-order valence-electron chi connectivity index (χ3n) is 1.80. The van der Waals surface area contributed by atoms with Crippen molar-refractivity contribution >= 4 is 0 Å². The van der Waals surface area contributed by atoms with Crippen LogP contribution in [0.15, 0.2) is 30.3 Å². The molecule has 74 valence electrons. The Labute approximate surface area is 85.2 Å². The monoisotopic (exact) mass is 201 g/mol. The molecular weight excluding hydrogens is 186 g/mol. The van der Waals surface area contributed by atoms with Crippen molar-refractivity contribution in [1.82, 2.24) is 0 Å². The van der Waals surface area contributed by atoms with Crippen molar-refractivity contribution < 1.29 is 23.2 Å². The summed E-state index contributed by atoms with van der Waals surface area (Å²) in [6.07, 6.45) is 1.59. The van der Waals surface area contributed by atoms with Gasteiger partial charge in [0.05, 0.1) is 0 Å². The van der Waals surface area contributed by atoms with Gasteiger partial charge >= 0.3 is 0 Å². The topological polar surface area (TPSA) is 47.9 Å². The highest BCUT2D eigenvalue weighted by Crippen LogP contribution is 2.06. The molecule has 0 aliphatic heterocycles. The van der Waals surface area contributed by atoms with Gasteiger partial charge in [-0.05, 0) is 12.0 Å².